The Labute approximate surface area is 164 Å². The summed E-state index contributed by atoms with van der Waals surface area (Å²) in [5.41, 5.74) is 4.51. The molecule has 2 aromatic rings. The molecule has 0 saturated heterocycles. The molecule has 1 atom stereocenters. The molecule has 3 rings (SSSR count). The maximum Gasteiger partial charge on any atom is 0.407 e. The first-order valence-electron chi connectivity index (χ1n) is 9.39. The summed E-state index contributed by atoms with van der Waals surface area (Å²) in [6, 6.07) is 15.1. The number of benzene rings is 2. The molecule has 0 aliphatic heterocycles. The average Bonchev–Trinajstić information content (AvgIpc) is 3.02. The van der Waals surface area contributed by atoms with Crippen LogP contribution in [0.25, 0.3) is 11.1 Å². The van der Waals surface area contributed by atoms with Crippen molar-refractivity contribution in [3.8, 4) is 23.5 Å². The Morgan fingerprint density at radius 3 is 2.25 bits per heavy atom. The maximum absolute atomic E-state index is 12.2. The predicted octanol–water partition coefficient (Wildman–Crippen LogP) is 4.17. The molecule has 28 heavy (non-hydrogen) atoms. The minimum atomic E-state index is -1.07. The number of hydrogen-bond donors (Lipinski definition) is 2. The van der Waals surface area contributed by atoms with Gasteiger partial charge in [-0.1, -0.05) is 48.5 Å². The van der Waals surface area contributed by atoms with Gasteiger partial charge in [-0.25, -0.2) is 9.59 Å². The number of alkyl carbamates (subject to hydrolysis) is 1. The number of carbonyl (C=O) groups is 2. The molecule has 1 amide bonds. The molecule has 2 N–H and O–H groups in total. The van der Waals surface area contributed by atoms with E-state index in [0.29, 0.717) is 19.3 Å². The van der Waals surface area contributed by atoms with Gasteiger partial charge in [0.25, 0.3) is 0 Å². The van der Waals surface area contributed by atoms with Gasteiger partial charge in [-0.15, -0.1) is 12.3 Å². The number of carboxylic acid groups (broad SMARTS) is 1. The second kappa shape index (κ2) is 9.09. The minimum absolute atomic E-state index is 0.0583. The summed E-state index contributed by atoms with van der Waals surface area (Å²) in [4.78, 5) is 23.6. The third-order valence-corrected chi connectivity index (χ3v) is 5.00. The molecule has 0 fully saturated rings. The van der Waals surface area contributed by atoms with E-state index in [0.717, 1.165) is 28.7 Å². The molecule has 0 spiro atoms. The smallest absolute Gasteiger partial charge is 0.407 e. The lowest BCUT2D eigenvalue weighted by Gasteiger charge is -2.17. The molecule has 0 aromatic heterocycles. The van der Waals surface area contributed by atoms with Gasteiger partial charge in [-0.3, -0.25) is 0 Å². The van der Waals surface area contributed by atoms with Crippen LogP contribution in [0.3, 0.4) is 0 Å². The highest BCUT2D eigenvalue weighted by Gasteiger charge is 2.29. The van der Waals surface area contributed by atoms with Gasteiger partial charge in [0.05, 0.1) is 0 Å². The van der Waals surface area contributed by atoms with Crippen LogP contribution in [-0.4, -0.2) is 29.8 Å². The second-order valence-corrected chi connectivity index (χ2v) is 6.81. The summed E-state index contributed by atoms with van der Waals surface area (Å²) < 4.78 is 5.40. The van der Waals surface area contributed by atoms with Crippen molar-refractivity contribution in [2.24, 2.45) is 0 Å². The quantitative estimate of drug-likeness (QED) is 0.535. The van der Waals surface area contributed by atoms with Gasteiger partial charge in [-0.05, 0) is 41.5 Å². The fraction of sp³-hybridized carbons (Fsp3) is 0.304. The van der Waals surface area contributed by atoms with E-state index in [1.54, 1.807) is 0 Å². The fourth-order valence-electron chi connectivity index (χ4n) is 3.62. The molecular formula is C23H23NO4. The molecule has 0 heterocycles. The monoisotopic (exact) mass is 377 g/mol. The van der Waals surface area contributed by atoms with Crippen LogP contribution in [0.1, 0.15) is 42.7 Å². The van der Waals surface area contributed by atoms with Crippen LogP contribution in [0.2, 0.25) is 0 Å². The van der Waals surface area contributed by atoms with Gasteiger partial charge >= 0.3 is 12.1 Å². The Morgan fingerprint density at radius 1 is 1.07 bits per heavy atom. The Bertz CT molecular complexity index is 854. The number of terminal acetylenes is 1. The van der Waals surface area contributed by atoms with E-state index < -0.39 is 18.1 Å². The Hall–Kier alpha value is -3.26. The Balaban J connectivity index is 1.61. The van der Waals surface area contributed by atoms with Crippen LogP contribution in [0, 0.1) is 12.3 Å². The van der Waals surface area contributed by atoms with Crippen LogP contribution in [-0.2, 0) is 9.53 Å². The van der Waals surface area contributed by atoms with E-state index in [9.17, 15) is 14.7 Å². The van der Waals surface area contributed by atoms with E-state index >= 15 is 0 Å². The number of unbranched alkanes of at least 4 members (excludes halogenated alkanes) is 2. The van der Waals surface area contributed by atoms with Gasteiger partial charge in [0.15, 0.2) is 0 Å². The van der Waals surface area contributed by atoms with Crippen molar-refractivity contribution in [2.45, 2.75) is 37.6 Å². The number of carbonyl (C=O) groups excluding carboxylic acids is 1. The Morgan fingerprint density at radius 2 is 1.68 bits per heavy atom. The highest BCUT2D eigenvalue weighted by Crippen LogP contribution is 2.44. The van der Waals surface area contributed by atoms with Crippen molar-refractivity contribution in [2.75, 3.05) is 6.61 Å². The topological polar surface area (TPSA) is 75.6 Å². The van der Waals surface area contributed by atoms with Crippen LogP contribution < -0.4 is 5.32 Å². The summed E-state index contributed by atoms with van der Waals surface area (Å²) in [6.45, 7) is 0.156. The highest BCUT2D eigenvalue weighted by molar-refractivity contribution is 5.81. The van der Waals surface area contributed by atoms with E-state index in [2.05, 4.69) is 23.4 Å². The van der Waals surface area contributed by atoms with Gasteiger partial charge < -0.3 is 15.2 Å². The average molecular weight is 377 g/mol. The van der Waals surface area contributed by atoms with Crippen LogP contribution in [0.15, 0.2) is 48.5 Å². The standard InChI is InChI=1S/C23H23NO4/c1-2-3-4-5-14-21(22(25)26)24-23(27)28-15-20-18-12-8-6-10-16(18)17-11-7-9-13-19(17)20/h1,6-13,20-21H,3-5,14-15H2,(H,24,27)(H,25,26)/t21-/m1/s1. The number of fused-ring (bicyclic) bond motifs is 3. The number of ether oxygens (including phenoxy) is 1. The van der Waals surface area contributed by atoms with Crippen molar-refractivity contribution < 1.29 is 19.4 Å². The summed E-state index contributed by atoms with van der Waals surface area (Å²) in [7, 11) is 0. The largest absolute Gasteiger partial charge is 0.480 e. The molecule has 5 nitrogen and oxygen atoms in total. The van der Waals surface area contributed by atoms with Crippen LogP contribution >= 0.6 is 0 Å². The third-order valence-electron chi connectivity index (χ3n) is 5.00. The number of rotatable bonds is 8. The number of nitrogens with one attached hydrogen (secondary N) is 1. The lowest BCUT2D eigenvalue weighted by Crippen LogP contribution is -2.41. The maximum atomic E-state index is 12.2. The molecule has 0 unspecified atom stereocenters. The molecule has 2 aromatic carbocycles. The zero-order chi connectivity index (χ0) is 19.9. The normalized spacial score (nSPS) is 13.1. The van der Waals surface area contributed by atoms with Crippen molar-refractivity contribution >= 4 is 12.1 Å². The molecule has 1 aliphatic rings. The van der Waals surface area contributed by atoms with Crippen molar-refractivity contribution in [1.82, 2.24) is 5.32 Å². The zero-order valence-corrected chi connectivity index (χ0v) is 15.6. The lowest BCUT2D eigenvalue weighted by molar-refractivity contribution is -0.139. The third kappa shape index (κ3) is 4.34. The highest BCUT2D eigenvalue weighted by atomic mass is 16.5. The van der Waals surface area contributed by atoms with Crippen molar-refractivity contribution in [3.63, 3.8) is 0 Å². The fourth-order valence-corrected chi connectivity index (χ4v) is 3.62. The van der Waals surface area contributed by atoms with Gasteiger partial charge in [-0.2, -0.15) is 0 Å². The van der Waals surface area contributed by atoms with Gasteiger partial charge in [0, 0.05) is 12.3 Å². The minimum Gasteiger partial charge on any atom is -0.480 e. The molecular weight excluding hydrogens is 354 g/mol. The summed E-state index contributed by atoms with van der Waals surface area (Å²) in [5.74, 6) is 1.39. The summed E-state index contributed by atoms with van der Waals surface area (Å²) in [5, 5.41) is 11.8. The zero-order valence-electron chi connectivity index (χ0n) is 15.6. The van der Waals surface area contributed by atoms with Gasteiger partial charge in [0.1, 0.15) is 12.6 Å². The van der Waals surface area contributed by atoms with E-state index in [4.69, 9.17) is 11.2 Å². The molecule has 144 valence electrons. The van der Waals surface area contributed by atoms with E-state index in [1.165, 1.54) is 0 Å². The molecule has 0 saturated carbocycles. The molecule has 0 radical (unpaired) electrons. The first kappa shape index (κ1) is 19.5. The molecule has 0 bridgehead atoms. The second-order valence-electron chi connectivity index (χ2n) is 6.81. The van der Waals surface area contributed by atoms with Crippen molar-refractivity contribution in [1.29, 1.82) is 0 Å². The van der Waals surface area contributed by atoms with E-state index in [1.807, 2.05) is 36.4 Å². The SMILES string of the molecule is C#CCCCC[C@@H](NC(=O)OCC1c2ccccc2-c2ccccc21)C(=O)O. The predicted molar refractivity (Wildman–Crippen MR) is 107 cm³/mol. The molecule has 1 aliphatic carbocycles. The Kier molecular flexibility index (Phi) is 6.33. The first-order valence-corrected chi connectivity index (χ1v) is 9.39. The summed E-state index contributed by atoms with van der Waals surface area (Å²) in [6.07, 6.45) is 6.75. The van der Waals surface area contributed by atoms with Crippen LogP contribution in [0.5, 0.6) is 0 Å². The lowest BCUT2D eigenvalue weighted by atomic mass is 9.98. The first-order chi connectivity index (χ1) is 13.6. The number of hydrogen-bond acceptors (Lipinski definition) is 3. The van der Waals surface area contributed by atoms with Crippen molar-refractivity contribution in [3.05, 3.63) is 59.7 Å². The van der Waals surface area contributed by atoms with E-state index in [-0.39, 0.29) is 12.5 Å². The van der Waals surface area contributed by atoms with Crippen LogP contribution in [0.4, 0.5) is 4.79 Å². The van der Waals surface area contributed by atoms with Gasteiger partial charge in [0.2, 0.25) is 0 Å². The summed E-state index contributed by atoms with van der Waals surface area (Å²) >= 11 is 0. The number of aliphatic carboxylic acids is 1. The number of amides is 1. The number of carboxylic acids is 1. The molecule has 5 heteroatoms.